The Balaban J connectivity index is 0.000000777. The van der Waals surface area contributed by atoms with Crippen LogP contribution in [0.5, 0.6) is 0 Å². The predicted molar refractivity (Wildman–Crippen MR) is 474 cm³/mol. The second-order valence-electron chi connectivity index (χ2n) is 31.1. The van der Waals surface area contributed by atoms with Gasteiger partial charge in [-0.15, -0.1) is 0 Å². The Morgan fingerprint density at radius 3 is 1.25 bits per heavy atom. The number of hydrogen-bond donors (Lipinski definition) is 4. The molecule has 4 N–H and O–H groups in total. The first kappa shape index (κ1) is 128. The number of aromatic carboxylic acids is 2. The van der Waals surface area contributed by atoms with Crippen LogP contribution in [0.3, 0.4) is 0 Å². The SMILES string of the molecule is CC1(C)C(/C=C/C=C(/C=C/C=C2/N(CCCCSOO[O-])c3ccc(S(=O)(=O)[O-])cc3C2(C)C)c2cccc(C(=O)O)c2)=[N+](CCCCS(=O)(=O)[O-])c2ccc(SOO[O-])cc21.CC1(C)C(/C=C/C=C(Br)/C=C/C=C2/N(CCCCSOO[O-])c3ccc(S(=O)(=O)[O-])cc3C2(C)C)=[N+](CCCCS(=O)(=O)[O-])c2ccc(SOO[O-])cc21.O=C(O)c1cccc(B(O)O)c1.[Na+].[Na+].[Na+].[Na+].[Na+].[Na+]. The summed E-state index contributed by atoms with van der Waals surface area (Å²) >= 11 is 6.95. The molecule has 134 heavy (non-hydrogen) atoms. The molecule has 0 unspecified atom stereocenters. The summed E-state index contributed by atoms with van der Waals surface area (Å²) in [5, 5.41) is 90.8. The van der Waals surface area contributed by atoms with Crippen LogP contribution in [0.15, 0.2) is 230 Å². The van der Waals surface area contributed by atoms with Crippen molar-refractivity contribution in [3.8, 4) is 0 Å². The maximum atomic E-state index is 12.0. The van der Waals surface area contributed by atoms with E-state index >= 15 is 0 Å². The Bertz CT molecular complexity index is 5830. The average molecular weight is 2120 g/mol. The van der Waals surface area contributed by atoms with E-state index in [1.54, 1.807) is 42.5 Å². The number of carbonyl (C=O) groups is 2. The van der Waals surface area contributed by atoms with Gasteiger partial charge in [-0.05, 0) is 203 Å². The van der Waals surface area contributed by atoms with Crippen LogP contribution in [0.25, 0.3) is 5.57 Å². The van der Waals surface area contributed by atoms with Crippen molar-refractivity contribution in [2.75, 3.05) is 59.0 Å². The molecule has 4 aliphatic rings. The van der Waals surface area contributed by atoms with E-state index in [0.717, 1.165) is 116 Å². The molecule has 0 spiro atoms. The summed E-state index contributed by atoms with van der Waals surface area (Å²) in [6.07, 6.45) is 26.5. The Morgan fingerprint density at radius 2 is 0.851 bits per heavy atom. The van der Waals surface area contributed by atoms with Gasteiger partial charge in [0.2, 0.25) is 11.4 Å². The summed E-state index contributed by atoms with van der Waals surface area (Å²) in [5.41, 5.74) is 8.95. The van der Waals surface area contributed by atoms with Crippen LogP contribution in [0.1, 0.15) is 155 Å². The Morgan fingerprint density at radius 1 is 0.455 bits per heavy atom. The summed E-state index contributed by atoms with van der Waals surface area (Å²) in [4.78, 5) is 27.2. The first-order valence-corrected chi connectivity index (χ1v) is 49.3. The molecule has 0 aliphatic carbocycles. The van der Waals surface area contributed by atoms with E-state index in [4.69, 9.17) is 15.2 Å². The molecule has 6 aromatic rings. The molecule has 0 aromatic heterocycles. The minimum Gasteiger partial charge on any atom is -0.748 e. The summed E-state index contributed by atoms with van der Waals surface area (Å²) < 4.78 is 162. The maximum absolute atomic E-state index is 12.0. The molecule has 4 aliphatic heterocycles. The average Bonchev–Trinajstić information content (AvgIpc) is 1.59. The fraction of sp³-hybridized carbons (Fsp3) is 0.333. The molecular weight excluding hydrogens is 2030 g/mol. The van der Waals surface area contributed by atoms with Gasteiger partial charge in [0.1, 0.15) is 33.3 Å². The number of anilines is 2. The molecule has 0 fully saturated rings. The number of halogens is 1. The predicted octanol–water partition coefficient (Wildman–Crippen LogP) is -7.91. The molecule has 0 atom stereocenters. The van der Waals surface area contributed by atoms with E-state index in [0.29, 0.717) is 102 Å². The molecule has 0 saturated heterocycles. The van der Waals surface area contributed by atoms with Gasteiger partial charge in [-0.3, -0.25) is 20.2 Å². The maximum Gasteiger partial charge on any atom is 1.00 e. The van der Waals surface area contributed by atoms with Gasteiger partial charge in [-0.25, -0.2) is 43.3 Å². The number of fused-ring (bicyclic) bond motifs is 4. The van der Waals surface area contributed by atoms with Gasteiger partial charge in [0.15, 0.2) is 11.4 Å². The number of hydrogen-bond acceptors (Lipinski definition) is 34. The van der Waals surface area contributed by atoms with Crippen LogP contribution in [-0.4, -0.2) is 161 Å². The van der Waals surface area contributed by atoms with Gasteiger partial charge < -0.3 is 69.3 Å². The van der Waals surface area contributed by atoms with Crippen LogP contribution < -0.4 is 214 Å². The molecule has 692 valence electrons. The third-order valence-corrected chi connectivity index (χ3v) is 27.3. The summed E-state index contributed by atoms with van der Waals surface area (Å²) in [6.45, 7) is 17.8. The molecule has 4 heterocycles. The van der Waals surface area contributed by atoms with E-state index in [1.165, 1.54) is 54.6 Å². The standard InChI is InChI=1S/C42H48N2O14S4.C35H43BrN2O12S4.C7H7BO4.6Na/c1-41(2)34-27-32(60-58-56-48)18-20-36(34)44(23-6-8-25-61(49,50)51)38(41)16-10-12-29(30-14-9-15-31(26-30)40(45)46)13-11-17-39-42(3,4)35-28-33(62(52,53)54)19-21-37(35)43(39)22-5-7-24-59-57-55-47;1-34(2)28-23-26(52-50-48-40)15-17-30(28)38(20-6-8-22-53(41,42)43)32(34)13-9-11-25(36)12-10-14-33-35(3,4)29-24-27(54(44,45)46)16-18-31(29)37(33)19-5-7-21-51-49-47-39;9-7(10)5-2-1-3-6(4-5)8(11)12;;;;;;/h9-21,26-28H,5-8,22-25H2,1-4H3,(H4-,45,46,47,48,49,50,51,52,53,54);9-18,23-24H,5-8,19-22H2,1-4H3,(H3-,39,40,41,42,43,44,45,46);1-4,11-12H,(H,9,10);;;;;;/q;;;6*+1/p-6. The van der Waals surface area contributed by atoms with Crippen molar-refractivity contribution in [1.29, 1.82) is 0 Å². The number of carboxylic acid groups (broad SMARTS) is 2. The van der Waals surface area contributed by atoms with Gasteiger partial charge in [0.25, 0.3) is 0 Å². The fourth-order valence-electron chi connectivity index (χ4n) is 15.1. The molecule has 50 heteroatoms. The molecule has 10 rings (SSSR count). The minimum absolute atomic E-state index is 0. The number of rotatable bonds is 44. The molecular formula is C84H92BBrN4Na6O30S8. The minimum atomic E-state index is -4.74. The van der Waals surface area contributed by atoms with Crippen LogP contribution in [-0.2, 0) is 99.6 Å². The number of unbranched alkanes of at least 4 members (excludes halogenated alkanes) is 4. The first-order valence-electron chi connectivity index (χ1n) is 39.2. The Hall–Kier alpha value is -1.86. The number of benzene rings is 6. The zero-order valence-corrected chi connectivity index (χ0v) is 96.3. The van der Waals surface area contributed by atoms with Crippen LogP contribution in [0.2, 0.25) is 0 Å². The van der Waals surface area contributed by atoms with E-state index in [9.17, 15) is 87.6 Å². The third-order valence-electron chi connectivity index (χ3n) is 21.2. The van der Waals surface area contributed by atoms with Crippen LogP contribution >= 0.6 is 64.1 Å². The smallest absolute Gasteiger partial charge is 0.748 e. The van der Waals surface area contributed by atoms with Gasteiger partial charge in [-0.2, -0.15) is 26.5 Å². The van der Waals surface area contributed by atoms with Crippen molar-refractivity contribution in [1.82, 2.24) is 0 Å². The summed E-state index contributed by atoms with van der Waals surface area (Å²) in [5.74, 6) is -2.12. The fourth-order valence-corrected chi connectivity index (χ4v) is 19.2. The number of nitrogens with zero attached hydrogens (tertiary/aromatic N) is 4. The topological polar surface area (TPSA) is 522 Å². The van der Waals surface area contributed by atoms with E-state index in [1.807, 2.05) is 162 Å². The molecule has 34 nitrogen and oxygen atoms in total. The van der Waals surface area contributed by atoms with Crippen LogP contribution in [0, 0.1) is 0 Å². The van der Waals surface area contributed by atoms with Crippen molar-refractivity contribution in [2.24, 2.45) is 0 Å². The number of carboxylic acids is 2. The zero-order chi connectivity index (χ0) is 94.2. The molecule has 0 bridgehead atoms. The van der Waals surface area contributed by atoms with E-state index < -0.39 is 92.7 Å². The van der Waals surface area contributed by atoms with Crippen molar-refractivity contribution in [3.05, 3.63) is 249 Å². The Kier molecular flexibility index (Phi) is 57.0. The largest absolute Gasteiger partial charge is 1.00 e. The van der Waals surface area contributed by atoms with Gasteiger partial charge in [-0.1, -0.05) is 104 Å². The Labute approximate surface area is 939 Å². The number of allylic oxidation sites excluding steroid dienone is 16. The molecule has 0 saturated carbocycles. The zero-order valence-electron chi connectivity index (χ0n) is 76.2. The van der Waals surface area contributed by atoms with Crippen molar-refractivity contribution >= 4 is 169 Å². The van der Waals surface area contributed by atoms with Crippen molar-refractivity contribution in [3.63, 3.8) is 0 Å². The van der Waals surface area contributed by atoms with E-state index in [-0.39, 0.29) is 217 Å². The second kappa shape index (κ2) is 59.5. The first-order chi connectivity index (χ1) is 60.3. The quantitative estimate of drug-likeness (QED) is 0.00403. The van der Waals surface area contributed by atoms with Crippen molar-refractivity contribution in [2.45, 2.75) is 148 Å². The molecule has 0 amide bonds. The van der Waals surface area contributed by atoms with Gasteiger partial charge in [0, 0.05) is 156 Å². The van der Waals surface area contributed by atoms with Gasteiger partial charge in [0.05, 0.1) is 76.1 Å². The summed E-state index contributed by atoms with van der Waals surface area (Å²) in [6, 6.07) is 31.7. The normalized spacial score (nSPS) is 15.8. The van der Waals surface area contributed by atoms with Crippen LogP contribution in [0.4, 0.5) is 22.7 Å². The van der Waals surface area contributed by atoms with E-state index in [2.05, 4.69) is 62.9 Å². The third kappa shape index (κ3) is 37.0. The van der Waals surface area contributed by atoms with Gasteiger partial charge >= 0.3 is 196 Å². The second-order valence-corrected chi connectivity index (χ2v) is 40.9. The summed E-state index contributed by atoms with van der Waals surface area (Å²) in [7, 11) is -19.7. The molecule has 6 aromatic carbocycles. The van der Waals surface area contributed by atoms with Crippen molar-refractivity contribution < 1.29 is 327 Å². The molecule has 0 radical (unpaired) electrons. The monoisotopic (exact) mass is 2120 g/mol.